The summed E-state index contributed by atoms with van der Waals surface area (Å²) in [6.07, 6.45) is 0. The van der Waals surface area contributed by atoms with Gasteiger partial charge in [-0.25, -0.2) is 5.43 Å². The van der Waals surface area contributed by atoms with E-state index < -0.39 is 0 Å². The first-order valence-electron chi connectivity index (χ1n) is 8.33. The number of carbonyl (C=O) groups excluding carboxylic acids is 1. The molecule has 0 aliphatic carbocycles. The van der Waals surface area contributed by atoms with Gasteiger partial charge in [0.15, 0.2) is 11.5 Å². The molecule has 6 nitrogen and oxygen atoms in total. The van der Waals surface area contributed by atoms with Gasteiger partial charge in [-0.05, 0) is 42.8 Å². The molecule has 0 unspecified atom stereocenters. The van der Waals surface area contributed by atoms with Crippen molar-refractivity contribution in [1.29, 1.82) is 0 Å². The maximum Gasteiger partial charge on any atom is 0.250 e. The van der Waals surface area contributed by atoms with E-state index in [2.05, 4.69) is 10.5 Å². The lowest BCUT2D eigenvalue weighted by atomic mass is 10.1. The molecule has 27 heavy (non-hydrogen) atoms. The van der Waals surface area contributed by atoms with Crippen LogP contribution in [0.25, 0.3) is 0 Å². The Hall–Kier alpha value is -2.67. The second kappa shape index (κ2) is 10.5. The van der Waals surface area contributed by atoms with E-state index >= 15 is 0 Å². The normalized spacial score (nSPS) is 11.0. The fourth-order valence-corrected chi connectivity index (χ4v) is 3.07. The molecule has 2 rings (SSSR count). The predicted octanol–water partition coefficient (Wildman–Crippen LogP) is 3.49. The van der Waals surface area contributed by atoms with Gasteiger partial charge in [0.05, 0.1) is 32.8 Å². The monoisotopic (exact) mass is 388 g/mol. The van der Waals surface area contributed by atoms with Crippen molar-refractivity contribution in [2.75, 3.05) is 27.1 Å². The molecule has 7 heteroatoms. The molecular formula is C20H24N2O4S. The smallest absolute Gasteiger partial charge is 0.250 e. The summed E-state index contributed by atoms with van der Waals surface area (Å²) in [4.78, 5) is 12.0. The van der Waals surface area contributed by atoms with Gasteiger partial charge in [0.1, 0.15) is 5.75 Å². The second-order valence-corrected chi connectivity index (χ2v) is 6.63. The van der Waals surface area contributed by atoms with Crippen molar-refractivity contribution >= 4 is 23.4 Å². The Labute approximate surface area is 163 Å². The average Bonchev–Trinajstić information content (AvgIpc) is 2.71. The first-order chi connectivity index (χ1) is 13.1. The van der Waals surface area contributed by atoms with E-state index in [-0.39, 0.29) is 5.91 Å². The number of rotatable bonds is 9. The number of methoxy groups -OCH3 is 3. The van der Waals surface area contributed by atoms with Crippen LogP contribution in [0.5, 0.6) is 17.2 Å². The first kappa shape index (κ1) is 20.6. The summed E-state index contributed by atoms with van der Waals surface area (Å²) in [5, 5.41) is 4.16. The molecule has 1 amide bonds. The molecule has 0 bridgehead atoms. The molecule has 0 aromatic heterocycles. The number of thioether (sulfide) groups is 1. The highest BCUT2D eigenvalue weighted by atomic mass is 32.2. The van der Waals surface area contributed by atoms with Gasteiger partial charge in [-0.3, -0.25) is 4.79 Å². The molecular weight excluding hydrogens is 364 g/mol. The summed E-state index contributed by atoms with van der Waals surface area (Å²) in [6, 6.07) is 13.3. The third-order valence-corrected chi connectivity index (χ3v) is 4.81. The lowest BCUT2D eigenvalue weighted by Crippen LogP contribution is -2.21. The second-order valence-electron chi connectivity index (χ2n) is 5.64. The highest BCUT2D eigenvalue weighted by Crippen LogP contribution is 2.27. The van der Waals surface area contributed by atoms with Crippen molar-refractivity contribution in [2.24, 2.45) is 5.10 Å². The number of carbonyl (C=O) groups is 1. The number of benzene rings is 2. The van der Waals surface area contributed by atoms with Gasteiger partial charge >= 0.3 is 0 Å². The molecule has 144 valence electrons. The van der Waals surface area contributed by atoms with E-state index in [1.165, 1.54) is 11.8 Å². The van der Waals surface area contributed by atoms with Crippen LogP contribution in [-0.4, -0.2) is 38.7 Å². The number of hydrogen-bond acceptors (Lipinski definition) is 6. The number of hydrazone groups is 1. The van der Waals surface area contributed by atoms with Gasteiger partial charge in [0, 0.05) is 11.3 Å². The molecule has 0 heterocycles. The maximum atomic E-state index is 12.0. The van der Waals surface area contributed by atoms with Crippen LogP contribution in [0.15, 0.2) is 47.6 Å². The largest absolute Gasteiger partial charge is 0.497 e. The summed E-state index contributed by atoms with van der Waals surface area (Å²) in [7, 11) is 4.80. The van der Waals surface area contributed by atoms with Crippen molar-refractivity contribution in [3.63, 3.8) is 0 Å². The highest BCUT2D eigenvalue weighted by molar-refractivity contribution is 7.99. The standard InChI is InChI=1S/C20H24N2O4S/c1-14(16-7-10-18(25-3)19(11-16)26-4)21-22-20(23)13-27-12-15-5-8-17(24-2)9-6-15/h5-11H,12-13H2,1-4H3,(H,22,23)/b21-14-. The maximum absolute atomic E-state index is 12.0. The molecule has 0 atom stereocenters. The van der Waals surface area contributed by atoms with Crippen LogP contribution in [0.4, 0.5) is 0 Å². The zero-order valence-electron chi connectivity index (χ0n) is 15.9. The van der Waals surface area contributed by atoms with Gasteiger partial charge in [-0.1, -0.05) is 12.1 Å². The van der Waals surface area contributed by atoms with Crippen molar-refractivity contribution in [3.8, 4) is 17.2 Å². The van der Waals surface area contributed by atoms with Crippen LogP contribution in [0.2, 0.25) is 0 Å². The van der Waals surface area contributed by atoms with Gasteiger partial charge in [0.2, 0.25) is 5.91 Å². The summed E-state index contributed by atoms with van der Waals surface area (Å²) < 4.78 is 15.6. The third-order valence-electron chi connectivity index (χ3n) is 3.81. The first-order valence-corrected chi connectivity index (χ1v) is 9.49. The Morgan fingerprint density at radius 3 is 2.33 bits per heavy atom. The van der Waals surface area contributed by atoms with Gasteiger partial charge in [-0.15, -0.1) is 11.8 Å². The molecule has 0 saturated carbocycles. The lowest BCUT2D eigenvalue weighted by Gasteiger charge is -2.09. The summed E-state index contributed by atoms with van der Waals surface area (Å²) in [5.74, 6) is 3.01. The average molecular weight is 388 g/mol. The Balaban J connectivity index is 1.84. The molecule has 0 aliphatic heterocycles. The van der Waals surface area contributed by atoms with Crippen LogP contribution < -0.4 is 19.6 Å². The number of nitrogens with zero attached hydrogens (tertiary/aromatic N) is 1. The molecule has 2 aromatic rings. The summed E-state index contributed by atoms with van der Waals surface area (Å²) >= 11 is 1.53. The van der Waals surface area contributed by atoms with Crippen molar-refractivity contribution in [1.82, 2.24) is 5.43 Å². The van der Waals surface area contributed by atoms with Gasteiger partial charge < -0.3 is 14.2 Å². The fraction of sp³-hybridized carbons (Fsp3) is 0.300. The minimum absolute atomic E-state index is 0.145. The highest BCUT2D eigenvalue weighted by Gasteiger charge is 2.07. The zero-order chi connectivity index (χ0) is 19.6. The zero-order valence-corrected chi connectivity index (χ0v) is 16.8. The van der Waals surface area contributed by atoms with E-state index in [0.717, 1.165) is 22.6 Å². The van der Waals surface area contributed by atoms with Crippen LogP contribution in [-0.2, 0) is 10.5 Å². The minimum atomic E-state index is -0.145. The Kier molecular flexibility index (Phi) is 8.00. The molecule has 1 N–H and O–H groups in total. The van der Waals surface area contributed by atoms with Crippen molar-refractivity contribution in [3.05, 3.63) is 53.6 Å². The van der Waals surface area contributed by atoms with Crippen molar-refractivity contribution in [2.45, 2.75) is 12.7 Å². The van der Waals surface area contributed by atoms with E-state index in [1.54, 1.807) is 27.4 Å². The van der Waals surface area contributed by atoms with Gasteiger partial charge in [-0.2, -0.15) is 5.10 Å². The van der Waals surface area contributed by atoms with E-state index in [4.69, 9.17) is 14.2 Å². The predicted molar refractivity (Wildman–Crippen MR) is 109 cm³/mol. The summed E-state index contributed by atoms with van der Waals surface area (Å²) in [6.45, 7) is 1.83. The Morgan fingerprint density at radius 2 is 1.70 bits per heavy atom. The molecule has 0 spiro atoms. The number of ether oxygens (including phenoxy) is 3. The van der Waals surface area contributed by atoms with E-state index in [9.17, 15) is 4.79 Å². The number of nitrogens with one attached hydrogen (secondary N) is 1. The third kappa shape index (κ3) is 6.21. The number of hydrogen-bond donors (Lipinski definition) is 1. The van der Waals surface area contributed by atoms with Crippen molar-refractivity contribution < 1.29 is 19.0 Å². The SMILES string of the molecule is COc1ccc(CSCC(=O)N/N=C(/C)c2ccc(OC)c(OC)c2)cc1. The Morgan fingerprint density at radius 1 is 1.00 bits per heavy atom. The van der Waals surface area contributed by atoms with Gasteiger partial charge in [0.25, 0.3) is 0 Å². The van der Waals surface area contributed by atoms with E-state index in [1.807, 2.05) is 43.3 Å². The fourth-order valence-electron chi connectivity index (χ4n) is 2.29. The molecule has 0 radical (unpaired) electrons. The molecule has 0 fully saturated rings. The van der Waals surface area contributed by atoms with Crippen LogP contribution in [0, 0.1) is 0 Å². The quantitative estimate of drug-likeness (QED) is 0.526. The lowest BCUT2D eigenvalue weighted by molar-refractivity contribution is -0.118. The van der Waals surface area contributed by atoms with E-state index in [0.29, 0.717) is 23.0 Å². The molecule has 0 aliphatic rings. The van der Waals surface area contributed by atoms with Crippen LogP contribution >= 0.6 is 11.8 Å². The Bertz CT molecular complexity index is 791. The topological polar surface area (TPSA) is 69.2 Å². The molecule has 2 aromatic carbocycles. The molecule has 0 saturated heterocycles. The minimum Gasteiger partial charge on any atom is -0.497 e. The summed E-state index contributed by atoms with van der Waals surface area (Å²) in [5.41, 5.74) is 5.26. The number of amides is 1. The van der Waals surface area contributed by atoms with Crippen LogP contribution in [0.1, 0.15) is 18.1 Å². The van der Waals surface area contributed by atoms with Crippen LogP contribution in [0.3, 0.4) is 0 Å².